The predicted molar refractivity (Wildman–Crippen MR) is 107 cm³/mol. The summed E-state index contributed by atoms with van der Waals surface area (Å²) < 4.78 is 11.8. The number of ether oxygens (including phenoxy) is 1. The van der Waals surface area contributed by atoms with Crippen LogP contribution in [0.25, 0.3) is 0 Å². The summed E-state index contributed by atoms with van der Waals surface area (Å²) in [5.41, 5.74) is 3.45. The van der Waals surface area contributed by atoms with Crippen LogP contribution in [0.4, 0.5) is 0 Å². The molecule has 0 heterocycles. The second-order valence-corrected chi connectivity index (χ2v) is 8.57. The van der Waals surface area contributed by atoms with E-state index in [0.29, 0.717) is 13.0 Å². The first kappa shape index (κ1) is 18.9. The Labute approximate surface area is 151 Å². The van der Waals surface area contributed by atoms with Crippen molar-refractivity contribution >= 4 is 18.7 Å². The standard InChI is InChI=1S/C22H24O2Si/c1-4-13-20(5-2)24-25(19-12-18-23-3,21-14-8-6-9-15-21)22-16-10-7-11-17-22/h4-11,14-17,20H,1-2,13,18H2,3H3. The smallest absolute Gasteiger partial charge is 0.337 e. The molecule has 0 saturated carbocycles. The van der Waals surface area contributed by atoms with Crippen LogP contribution in [0.5, 0.6) is 0 Å². The Morgan fingerprint density at radius 1 is 1.00 bits per heavy atom. The molecule has 2 aromatic rings. The van der Waals surface area contributed by atoms with Crippen LogP contribution in [-0.2, 0) is 9.16 Å². The number of benzene rings is 2. The van der Waals surface area contributed by atoms with Crippen LogP contribution in [0.1, 0.15) is 6.42 Å². The van der Waals surface area contributed by atoms with Gasteiger partial charge in [-0.05, 0) is 16.8 Å². The van der Waals surface area contributed by atoms with Crippen LogP contribution < -0.4 is 10.4 Å². The van der Waals surface area contributed by atoms with Crippen molar-refractivity contribution in [3.05, 3.63) is 86.0 Å². The van der Waals surface area contributed by atoms with Crippen LogP contribution in [0.15, 0.2) is 86.0 Å². The second-order valence-electron chi connectivity index (χ2n) is 5.56. The van der Waals surface area contributed by atoms with Gasteiger partial charge in [0.05, 0.1) is 6.10 Å². The van der Waals surface area contributed by atoms with Crippen molar-refractivity contribution in [3.8, 4) is 11.5 Å². The summed E-state index contributed by atoms with van der Waals surface area (Å²) in [7, 11) is -1.12. The Morgan fingerprint density at radius 3 is 2.00 bits per heavy atom. The van der Waals surface area contributed by atoms with Gasteiger partial charge in [0.15, 0.2) is 0 Å². The topological polar surface area (TPSA) is 18.5 Å². The summed E-state index contributed by atoms with van der Waals surface area (Å²) in [5, 5.41) is 2.22. The maximum absolute atomic E-state index is 6.67. The van der Waals surface area contributed by atoms with Gasteiger partial charge in [-0.1, -0.05) is 84.3 Å². The Hall–Kier alpha value is -2.38. The van der Waals surface area contributed by atoms with E-state index in [1.807, 2.05) is 48.6 Å². The Morgan fingerprint density at radius 2 is 1.56 bits per heavy atom. The summed E-state index contributed by atoms with van der Waals surface area (Å²) in [6.45, 7) is 8.13. The Balaban J connectivity index is 2.63. The molecule has 0 aliphatic heterocycles. The highest BCUT2D eigenvalue weighted by Crippen LogP contribution is 2.13. The molecule has 0 aliphatic rings. The third kappa shape index (κ3) is 4.80. The molecule has 0 amide bonds. The number of hydrogen-bond acceptors (Lipinski definition) is 2. The largest absolute Gasteiger partial charge is 0.392 e. The molecule has 1 atom stereocenters. The van der Waals surface area contributed by atoms with Crippen LogP contribution in [-0.4, -0.2) is 28.1 Å². The molecule has 0 spiro atoms. The first-order chi connectivity index (χ1) is 12.3. The molecule has 1 unspecified atom stereocenters. The molecule has 0 bridgehead atoms. The SMILES string of the molecule is C=CCC(C=C)O[Si](C#CCOC)(c1ccccc1)c1ccccc1. The van der Waals surface area contributed by atoms with Gasteiger partial charge >= 0.3 is 8.32 Å². The summed E-state index contributed by atoms with van der Waals surface area (Å²) in [4.78, 5) is 0. The lowest BCUT2D eigenvalue weighted by Gasteiger charge is -2.30. The normalized spacial score (nSPS) is 11.9. The molecule has 128 valence electrons. The fraction of sp³-hybridized carbons (Fsp3) is 0.182. The summed E-state index contributed by atoms with van der Waals surface area (Å²) in [6, 6.07) is 20.5. The first-order valence-electron chi connectivity index (χ1n) is 8.28. The zero-order valence-corrected chi connectivity index (χ0v) is 15.7. The number of methoxy groups -OCH3 is 1. The van der Waals surface area contributed by atoms with Crippen molar-refractivity contribution in [2.75, 3.05) is 13.7 Å². The number of hydrogen-bond donors (Lipinski definition) is 0. The molecule has 0 saturated heterocycles. The van der Waals surface area contributed by atoms with Gasteiger partial charge in [-0.15, -0.1) is 13.2 Å². The lowest BCUT2D eigenvalue weighted by Crippen LogP contribution is -2.61. The van der Waals surface area contributed by atoms with E-state index >= 15 is 0 Å². The van der Waals surface area contributed by atoms with Crippen LogP contribution in [0.2, 0.25) is 0 Å². The molecule has 2 rings (SSSR count). The average molecular weight is 349 g/mol. The summed E-state index contributed by atoms with van der Waals surface area (Å²) in [6.07, 6.45) is 4.24. The van der Waals surface area contributed by atoms with E-state index in [-0.39, 0.29) is 6.10 Å². The van der Waals surface area contributed by atoms with Crippen LogP contribution in [0.3, 0.4) is 0 Å². The van der Waals surface area contributed by atoms with Crippen LogP contribution in [0, 0.1) is 11.5 Å². The van der Waals surface area contributed by atoms with E-state index in [9.17, 15) is 0 Å². The fourth-order valence-corrected chi connectivity index (χ4v) is 5.88. The monoisotopic (exact) mass is 348 g/mol. The van der Waals surface area contributed by atoms with Gasteiger partial charge in [-0.2, -0.15) is 0 Å². The molecule has 0 radical (unpaired) electrons. The zero-order chi connectivity index (χ0) is 18.0. The highest BCUT2D eigenvalue weighted by atomic mass is 28.4. The molecule has 2 aromatic carbocycles. The lowest BCUT2D eigenvalue weighted by atomic mass is 10.2. The number of rotatable bonds is 8. The molecule has 25 heavy (non-hydrogen) atoms. The van der Waals surface area contributed by atoms with E-state index in [1.54, 1.807) is 7.11 Å². The molecular weight excluding hydrogens is 324 g/mol. The van der Waals surface area contributed by atoms with E-state index in [1.165, 1.54) is 0 Å². The minimum Gasteiger partial charge on any atom is -0.392 e. The maximum atomic E-state index is 6.67. The van der Waals surface area contributed by atoms with Crippen molar-refractivity contribution in [3.63, 3.8) is 0 Å². The highest BCUT2D eigenvalue weighted by molar-refractivity contribution is 7.03. The lowest BCUT2D eigenvalue weighted by molar-refractivity contribution is 0.239. The van der Waals surface area contributed by atoms with Gasteiger partial charge in [-0.3, -0.25) is 0 Å². The minimum atomic E-state index is -2.77. The second kappa shape index (κ2) is 9.80. The van der Waals surface area contributed by atoms with Crippen molar-refractivity contribution in [2.24, 2.45) is 0 Å². The van der Waals surface area contributed by atoms with Crippen molar-refractivity contribution in [1.82, 2.24) is 0 Å². The van der Waals surface area contributed by atoms with Gasteiger partial charge in [0, 0.05) is 7.11 Å². The van der Waals surface area contributed by atoms with Gasteiger partial charge in [0.25, 0.3) is 0 Å². The van der Waals surface area contributed by atoms with E-state index in [4.69, 9.17) is 9.16 Å². The van der Waals surface area contributed by atoms with Crippen molar-refractivity contribution in [1.29, 1.82) is 0 Å². The van der Waals surface area contributed by atoms with Gasteiger partial charge < -0.3 is 9.16 Å². The van der Waals surface area contributed by atoms with Crippen molar-refractivity contribution < 1.29 is 9.16 Å². The quantitative estimate of drug-likeness (QED) is 0.415. The third-order valence-corrected chi connectivity index (χ3v) is 7.31. The summed E-state index contributed by atoms with van der Waals surface area (Å²) in [5.74, 6) is 3.15. The fourth-order valence-electron chi connectivity index (χ4n) is 2.64. The molecule has 2 nitrogen and oxygen atoms in total. The molecule has 0 aliphatic carbocycles. The van der Waals surface area contributed by atoms with E-state index in [2.05, 4.69) is 48.9 Å². The first-order valence-corrected chi connectivity index (χ1v) is 10.2. The van der Waals surface area contributed by atoms with Gasteiger partial charge in [-0.25, -0.2) is 0 Å². The van der Waals surface area contributed by atoms with E-state index in [0.717, 1.165) is 10.4 Å². The van der Waals surface area contributed by atoms with Gasteiger partial charge in [0.1, 0.15) is 6.61 Å². The maximum Gasteiger partial charge on any atom is 0.337 e. The third-order valence-electron chi connectivity index (χ3n) is 3.83. The van der Waals surface area contributed by atoms with Crippen LogP contribution >= 0.6 is 0 Å². The summed E-state index contributed by atoms with van der Waals surface area (Å²) >= 11 is 0. The molecule has 0 N–H and O–H groups in total. The zero-order valence-electron chi connectivity index (χ0n) is 14.7. The molecule has 0 fully saturated rings. The highest BCUT2D eigenvalue weighted by Gasteiger charge is 2.40. The van der Waals surface area contributed by atoms with Gasteiger partial charge in [0.2, 0.25) is 0 Å². The van der Waals surface area contributed by atoms with E-state index < -0.39 is 8.32 Å². The van der Waals surface area contributed by atoms with Crippen molar-refractivity contribution in [2.45, 2.75) is 12.5 Å². The Bertz CT molecular complexity index is 689. The molecular formula is C22H24O2Si. The average Bonchev–Trinajstić information content (AvgIpc) is 2.68. The predicted octanol–water partition coefficient (Wildman–Crippen LogP) is 3.08. The Kier molecular flexibility index (Phi) is 7.43. The minimum absolute atomic E-state index is 0.138. The molecule has 0 aromatic heterocycles. The molecule has 3 heteroatoms.